The van der Waals surface area contributed by atoms with Gasteiger partial charge >= 0.3 is 0 Å². The summed E-state index contributed by atoms with van der Waals surface area (Å²) < 4.78 is 31.9. The van der Waals surface area contributed by atoms with E-state index in [0.29, 0.717) is 13.1 Å². The fourth-order valence-electron chi connectivity index (χ4n) is 2.12. The molecular formula is C12H16ClNO3S. The quantitative estimate of drug-likeness (QED) is 0.838. The molecule has 0 spiro atoms. The van der Waals surface area contributed by atoms with Crippen LogP contribution in [0, 0.1) is 0 Å². The molecule has 0 aromatic heterocycles. The van der Waals surface area contributed by atoms with Crippen molar-refractivity contribution in [3.05, 3.63) is 29.3 Å². The second kappa shape index (κ2) is 5.17. The van der Waals surface area contributed by atoms with Crippen LogP contribution in [0.3, 0.4) is 0 Å². The minimum atomic E-state index is -3.54. The van der Waals surface area contributed by atoms with Crippen LogP contribution in [-0.2, 0) is 14.8 Å². The van der Waals surface area contributed by atoms with Crippen molar-refractivity contribution >= 4 is 21.6 Å². The van der Waals surface area contributed by atoms with Crippen LogP contribution in [0.2, 0.25) is 5.02 Å². The van der Waals surface area contributed by atoms with E-state index in [9.17, 15) is 8.42 Å². The molecule has 0 amide bonds. The summed E-state index contributed by atoms with van der Waals surface area (Å²) in [4.78, 5) is 0.160. The number of hydrogen-bond donors (Lipinski definition) is 0. The first-order valence-corrected chi connectivity index (χ1v) is 7.63. The molecule has 1 saturated heterocycles. The molecule has 0 unspecified atom stereocenters. The normalized spacial score (nSPS) is 26.2. The van der Waals surface area contributed by atoms with E-state index in [1.807, 2.05) is 13.8 Å². The zero-order valence-electron chi connectivity index (χ0n) is 10.3. The van der Waals surface area contributed by atoms with Gasteiger partial charge in [0.25, 0.3) is 0 Å². The van der Waals surface area contributed by atoms with E-state index in [2.05, 4.69) is 0 Å². The van der Waals surface area contributed by atoms with Crippen LogP contribution in [0.4, 0.5) is 0 Å². The third kappa shape index (κ3) is 2.69. The molecule has 4 nitrogen and oxygen atoms in total. The highest BCUT2D eigenvalue weighted by Crippen LogP contribution is 2.26. The number of sulfonamides is 1. The number of hydrogen-bond acceptors (Lipinski definition) is 3. The first kappa shape index (κ1) is 13.8. The van der Waals surface area contributed by atoms with Crippen molar-refractivity contribution < 1.29 is 13.2 Å². The average Bonchev–Trinajstić information content (AvgIpc) is 2.28. The van der Waals surface area contributed by atoms with Crippen molar-refractivity contribution in [1.29, 1.82) is 0 Å². The molecule has 0 radical (unpaired) electrons. The van der Waals surface area contributed by atoms with Gasteiger partial charge in [0.2, 0.25) is 10.0 Å². The molecule has 2 atom stereocenters. The molecule has 0 bridgehead atoms. The van der Waals surface area contributed by atoms with Crippen LogP contribution in [0.1, 0.15) is 13.8 Å². The lowest BCUT2D eigenvalue weighted by molar-refractivity contribution is -0.0440. The van der Waals surface area contributed by atoms with Crippen LogP contribution in [0.25, 0.3) is 0 Å². The van der Waals surface area contributed by atoms with Crippen LogP contribution >= 0.6 is 11.6 Å². The third-order valence-corrected chi connectivity index (χ3v) is 5.17. The van der Waals surface area contributed by atoms with E-state index in [-0.39, 0.29) is 22.1 Å². The summed E-state index contributed by atoms with van der Waals surface area (Å²) in [7, 11) is -3.54. The molecule has 0 aliphatic carbocycles. The molecule has 1 aliphatic heterocycles. The third-order valence-electron chi connectivity index (χ3n) is 2.84. The summed E-state index contributed by atoms with van der Waals surface area (Å²) in [5, 5.41) is 0.254. The molecule has 1 aliphatic rings. The molecule has 2 rings (SSSR count). The summed E-state index contributed by atoms with van der Waals surface area (Å²) >= 11 is 5.96. The summed E-state index contributed by atoms with van der Waals surface area (Å²) in [5.41, 5.74) is 0. The Kier molecular flexibility index (Phi) is 3.96. The second-order valence-corrected chi connectivity index (χ2v) is 6.82. The second-order valence-electron chi connectivity index (χ2n) is 4.51. The molecule has 100 valence electrons. The predicted octanol–water partition coefficient (Wildman–Crippen LogP) is 2.14. The van der Waals surface area contributed by atoms with E-state index in [1.165, 1.54) is 10.4 Å². The highest BCUT2D eigenvalue weighted by atomic mass is 35.5. The monoisotopic (exact) mass is 289 g/mol. The summed E-state index contributed by atoms with van der Waals surface area (Å²) in [6, 6.07) is 6.50. The highest BCUT2D eigenvalue weighted by Gasteiger charge is 2.33. The standard InChI is InChI=1S/C12H16ClNO3S/c1-9-7-14(8-10(2)17-9)18(15,16)12-6-4-3-5-11(12)13/h3-6,9-10H,7-8H2,1-2H3/t9-,10-/m0/s1. The van der Waals surface area contributed by atoms with Gasteiger partial charge < -0.3 is 4.74 Å². The molecule has 0 saturated carbocycles. The maximum Gasteiger partial charge on any atom is 0.244 e. The van der Waals surface area contributed by atoms with Gasteiger partial charge in [0.15, 0.2) is 0 Å². The molecule has 1 aromatic rings. The molecule has 1 fully saturated rings. The van der Waals surface area contributed by atoms with Crippen LogP contribution in [-0.4, -0.2) is 38.0 Å². The lowest BCUT2D eigenvalue weighted by atomic mass is 10.3. The van der Waals surface area contributed by atoms with Crippen molar-refractivity contribution in [3.63, 3.8) is 0 Å². The van der Waals surface area contributed by atoms with Gasteiger partial charge in [-0.05, 0) is 26.0 Å². The molecule has 1 heterocycles. The average molecular weight is 290 g/mol. The number of nitrogens with zero attached hydrogens (tertiary/aromatic N) is 1. The zero-order chi connectivity index (χ0) is 13.3. The van der Waals surface area contributed by atoms with Gasteiger partial charge in [-0.3, -0.25) is 0 Å². The molecule has 18 heavy (non-hydrogen) atoms. The van der Waals surface area contributed by atoms with Crippen LogP contribution in [0.15, 0.2) is 29.2 Å². The smallest absolute Gasteiger partial charge is 0.244 e. The number of morpholine rings is 1. The Bertz CT molecular complexity index is 522. The largest absolute Gasteiger partial charge is 0.373 e. The maximum atomic E-state index is 12.5. The Morgan fingerprint density at radius 3 is 2.33 bits per heavy atom. The van der Waals surface area contributed by atoms with Gasteiger partial charge in [-0.25, -0.2) is 8.42 Å². The van der Waals surface area contributed by atoms with E-state index >= 15 is 0 Å². The minimum Gasteiger partial charge on any atom is -0.373 e. The van der Waals surface area contributed by atoms with Gasteiger partial charge in [-0.2, -0.15) is 4.31 Å². The van der Waals surface area contributed by atoms with Crippen molar-refractivity contribution in [2.24, 2.45) is 0 Å². The first-order valence-electron chi connectivity index (χ1n) is 5.81. The fraction of sp³-hybridized carbons (Fsp3) is 0.500. The van der Waals surface area contributed by atoms with Gasteiger partial charge in [0.1, 0.15) is 4.90 Å². The van der Waals surface area contributed by atoms with Crippen molar-refractivity contribution in [3.8, 4) is 0 Å². The SMILES string of the molecule is C[C@H]1CN(S(=O)(=O)c2ccccc2Cl)C[C@H](C)O1. The van der Waals surface area contributed by atoms with Gasteiger partial charge in [0.05, 0.1) is 17.2 Å². The summed E-state index contributed by atoms with van der Waals surface area (Å²) in [6.45, 7) is 4.45. The number of benzene rings is 1. The van der Waals surface area contributed by atoms with E-state index in [0.717, 1.165) is 0 Å². The number of ether oxygens (including phenoxy) is 1. The Morgan fingerprint density at radius 1 is 1.22 bits per heavy atom. The summed E-state index contributed by atoms with van der Waals surface area (Å²) in [5.74, 6) is 0. The fourth-order valence-corrected chi connectivity index (χ4v) is 4.20. The van der Waals surface area contributed by atoms with Crippen LogP contribution < -0.4 is 0 Å². The lowest BCUT2D eigenvalue weighted by Gasteiger charge is -2.34. The number of rotatable bonds is 2. The van der Waals surface area contributed by atoms with Crippen molar-refractivity contribution in [1.82, 2.24) is 4.31 Å². The Labute approximate surface area is 113 Å². The molecular weight excluding hydrogens is 274 g/mol. The zero-order valence-corrected chi connectivity index (χ0v) is 11.9. The van der Waals surface area contributed by atoms with Gasteiger partial charge in [-0.15, -0.1) is 0 Å². The van der Waals surface area contributed by atoms with Gasteiger partial charge in [-0.1, -0.05) is 23.7 Å². The Morgan fingerprint density at radius 2 is 1.78 bits per heavy atom. The molecule has 1 aromatic carbocycles. The highest BCUT2D eigenvalue weighted by molar-refractivity contribution is 7.89. The van der Waals surface area contributed by atoms with E-state index in [4.69, 9.17) is 16.3 Å². The summed E-state index contributed by atoms with van der Waals surface area (Å²) in [6.07, 6.45) is -0.211. The first-order chi connectivity index (χ1) is 8.41. The molecule has 6 heteroatoms. The van der Waals surface area contributed by atoms with Crippen LogP contribution in [0.5, 0.6) is 0 Å². The Hall–Kier alpha value is -0.620. The lowest BCUT2D eigenvalue weighted by Crippen LogP contribution is -2.48. The Balaban J connectivity index is 2.34. The van der Waals surface area contributed by atoms with Crippen molar-refractivity contribution in [2.75, 3.05) is 13.1 Å². The van der Waals surface area contributed by atoms with Gasteiger partial charge in [0, 0.05) is 13.1 Å². The van der Waals surface area contributed by atoms with E-state index < -0.39 is 10.0 Å². The van der Waals surface area contributed by atoms with E-state index in [1.54, 1.807) is 18.2 Å². The topological polar surface area (TPSA) is 46.6 Å². The van der Waals surface area contributed by atoms with Crippen molar-refractivity contribution in [2.45, 2.75) is 31.0 Å². The maximum absolute atomic E-state index is 12.5. The predicted molar refractivity (Wildman–Crippen MR) is 70.2 cm³/mol. The molecule has 0 N–H and O–H groups in total. The minimum absolute atomic E-state index is 0.106. The number of halogens is 1.